The molecule has 3 heterocycles. The number of piperidine rings is 1. The highest BCUT2D eigenvalue weighted by atomic mass is 16.5. The summed E-state index contributed by atoms with van der Waals surface area (Å²) in [5, 5.41) is 11.1. The van der Waals surface area contributed by atoms with E-state index < -0.39 is 0 Å². The summed E-state index contributed by atoms with van der Waals surface area (Å²) in [5.41, 5.74) is 0.850. The van der Waals surface area contributed by atoms with Crippen molar-refractivity contribution in [2.75, 3.05) is 33.4 Å². The molecular formula is C21H29N5O4. The maximum absolute atomic E-state index is 12.8. The van der Waals surface area contributed by atoms with Crippen molar-refractivity contribution in [2.45, 2.75) is 32.7 Å². The molecule has 1 N–H and O–H groups in total. The van der Waals surface area contributed by atoms with Crippen LogP contribution < -0.4 is 5.32 Å². The van der Waals surface area contributed by atoms with Crippen molar-refractivity contribution in [1.82, 2.24) is 25.0 Å². The number of rotatable bonds is 8. The second-order valence-corrected chi connectivity index (χ2v) is 8.21. The Bertz CT molecular complexity index is 892. The van der Waals surface area contributed by atoms with Crippen molar-refractivity contribution in [3.8, 4) is 0 Å². The molecule has 1 saturated carbocycles. The third-order valence-corrected chi connectivity index (χ3v) is 6.44. The molecular weight excluding hydrogens is 386 g/mol. The fraction of sp³-hybridized carbons (Fsp3) is 0.619. The standard InChI is InChI=1S/C21H29N5O4/c1-14-5-9-30-19(14)21(28)25-7-4-15-11-16(17(15)12-25)20(27)22-6-3-18-24-23-13-26(18)8-10-29-2/h5,9,13,15-17H,3-4,6-8,10-12H2,1-2H3,(H,22,27)/t15-,16-,17-/m1/s1. The number of hydrogen-bond acceptors (Lipinski definition) is 6. The summed E-state index contributed by atoms with van der Waals surface area (Å²) in [6.07, 6.45) is 5.70. The largest absolute Gasteiger partial charge is 0.459 e. The number of furan rings is 1. The van der Waals surface area contributed by atoms with Crippen LogP contribution in [0.15, 0.2) is 23.1 Å². The molecule has 2 aromatic rings. The predicted molar refractivity (Wildman–Crippen MR) is 108 cm³/mol. The van der Waals surface area contributed by atoms with Crippen LogP contribution in [0.1, 0.15) is 34.8 Å². The molecule has 1 saturated heterocycles. The highest BCUT2D eigenvalue weighted by Gasteiger charge is 2.48. The van der Waals surface area contributed by atoms with Gasteiger partial charge in [-0.15, -0.1) is 10.2 Å². The van der Waals surface area contributed by atoms with E-state index in [0.29, 0.717) is 44.3 Å². The maximum atomic E-state index is 12.8. The summed E-state index contributed by atoms with van der Waals surface area (Å²) in [5.74, 6) is 1.96. The first-order valence-corrected chi connectivity index (χ1v) is 10.5. The first-order chi connectivity index (χ1) is 14.6. The molecule has 0 spiro atoms. The lowest BCUT2D eigenvalue weighted by molar-refractivity contribution is -0.136. The Kier molecular flexibility index (Phi) is 6.17. The van der Waals surface area contributed by atoms with E-state index in [1.165, 1.54) is 0 Å². The second-order valence-electron chi connectivity index (χ2n) is 8.21. The zero-order valence-corrected chi connectivity index (χ0v) is 17.5. The second kappa shape index (κ2) is 8.99. The van der Waals surface area contributed by atoms with Crippen LogP contribution in [0.3, 0.4) is 0 Å². The topological polar surface area (TPSA) is 102 Å². The molecule has 9 nitrogen and oxygen atoms in total. The Labute approximate surface area is 175 Å². The number of carbonyl (C=O) groups is 2. The number of hydrogen-bond donors (Lipinski definition) is 1. The molecule has 0 unspecified atom stereocenters. The van der Waals surface area contributed by atoms with Crippen LogP contribution >= 0.6 is 0 Å². The van der Waals surface area contributed by atoms with Gasteiger partial charge in [0.2, 0.25) is 5.91 Å². The fourth-order valence-electron chi connectivity index (χ4n) is 4.58. The smallest absolute Gasteiger partial charge is 0.289 e. The molecule has 2 fully saturated rings. The zero-order valence-electron chi connectivity index (χ0n) is 17.5. The molecule has 0 aromatic carbocycles. The molecule has 2 aliphatic rings. The molecule has 4 rings (SSSR count). The van der Waals surface area contributed by atoms with E-state index in [4.69, 9.17) is 9.15 Å². The third kappa shape index (κ3) is 4.12. The lowest BCUT2D eigenvalue weighted by Crippen LogP contribution is -2.56. The van der Waals surface area contributed by atoms with Crippen molar-refractivity contribution >= 4 is 11.8 Å². The molecule has 162 valence electrons. The average molecular weight is 415 g/mol. The third-order valence-electron chi connectivity index (χ3n) is 6.44. The maximum Gasteiger partial charge on any atom is 0.289 e. The van der Waals surface area contributed by atoms with Crippen LogP contribution in [-0.4, -0.2) is 64.8 Å². The van der Waals surface area contributed by atoms with Gasteiger partial charge in [0.1, 0.15) is 12.2 Å². The summed E-state index contributed by atoms with van der Waals surface area (Å²) in [6, 6.07) is 1.80. The van der Waals surface area contributed by atoms with Crippen LogP contribution in [0.25, 0.3) is 0 Å². The summed E-state index contributed by atoms with van der Waals surface area (Å²) < 4.78 is 12.4. The Morgan fingerprint density at radius 2 is 2.27 bits per heavy atom. The summed E-state index contributed by atoms with van der Waals surface area (Å²) in [4.78, 5) is 27.3. The van der Waals surface area contributed by atoms with Gasteiger partial charge < -0.3 is 23.9 Å². The van der Waals surface area contributed by atoms with Crippen LogP contribution in [0, 0.1) is 24.7 Å². The quantitative estimate of drug-likeness (QED) is 0.697. The molecule has 0 bridgehead atoms. The van der Waals surface area contributed by atoms with Crippen molar-refractivity contribution in [1.29, 1.82) is 0 Å². The molecule has 1 aliphatic carbocycles. The number of nitrogens with one attached hydrogen (secondary N) is 1. The van der Waals surface area contributed by atoms with Gasteiger partial charge in [0.15, 0.2) is 5.76 Å². The Hall–Kier alpha value is -2.68. The monoisotopic (exact) mass is 415 g/mol. The Morgan fingerprint density at radius 1 is 1.40 bits per heavy atom. The SMILES string of the molecule is COCCn1cnnc1CCNC(=O)[C@@H]1C[C@H]2CCN(C(=O)c3occc3C)C[C@H]21. The van der Waals surface area contributed by atoms with Crippen LogP contribution in [0.2, 0.25) is 0 Å². The molecule has 2 aromatic heterocycles. The zero-order chi connectivity index (χ0) is 21.1. The van der Waals surface area contributed by atoms with Crippen molar-refractivity contribution in [3.05, 3.63) is 35.8 Å². The number of aromatic nitrogens is 3. The van der Waals surface area contributed by atoms with Gasteiger partial charge in [-0.3, -0.25) is 9.59 Å². The number of aryl methyl sites for hydroxylation is 1. The predicted octanol–water partition coefficient (Wildman–Crippen LogP) is 1.28. The minimum absolute atomic E-state index is 0.0327. The van der Waals surface area contributed by atoms with Gasteiger partial charge in [-0.25, -0.2) is 0 Å². The van der Waals surface area contributed by atoms with E-state index in [-0.39, 0.29) is 23.7 Å². The lowest BCUT2D eigenvalue weighted by atomic mass is 9.61. The first kappa shape index (κ1) is 20.6. The van der Waals surface area contributed by atoms with E-state index in [2.05, 4.69) is 15.5 Å². The van der Waals surface area contributed by atoms with E-state index in [9.17, 15) is 9.59 Å². The van der Waals surface area contributed by atoms with Gasteiger partial charge in [0.05, 0.1) is 12.9 Å². The minimum atomic E-state index is -0.0718. The van der Waals surface area contributed by atoms with Gasteiger partial charge in [-0.2, -0.15) is 0 Å². The normalized spacial score (nSPS) is 23.0. The summed E-state index contributed by atoms with van der Waals surface area (Å²) in [7, 11) is 1.66. The summed E-state index contributed by atoms with van der Waals surface area (Å²) in [6.45, 7) is 5.03. The number of nitrogens with zero attached hydrogens (tertiary/aromatic N) is 4. The van der Waals surface area contributed by atoms with Crippen molar-refractivity contribution < 1.29 is 18.7 Å². The van der Waals surface area contributed by atoms with E-state index in [1.54, 1.807) is 25.8 Å². The number of ether oxygens (including phenoxy) is 1. The average Bonchev–Trinajstić information content (AvgIpc) is 3.35. The molecule has 2 amide bonds. The van der Waals surface area contributed by atoms with Gasteiger partial charge in [-0.1, -0.05) is 0 Å². The van der Waals surface area contributed by atoms with E-state index in [0.717, 1.165) is 30.8 Å². The Balaban J connectivity index is 1.27. The lowest BCUT2D eigenvalue weighted by Gasteiger charge is -2.50. The van der Waals surface area contributed by atoms with Crippen LogP contribution in [-0.2, 0) is 22.5 Å². The number of fused-ring (bicyclic) bond motifs is 1. The van der Waals surface area contributed by atoms with Crippen LogP contribution in [0.4, 0.5) is 0 Å². The molecule has 9 heteroatoms. The van der Waals surface area contributed by atoms with Crippen molar-refractivity contribution in [2.24, 2.45) is 17.8 Å². The highest BCUT2D eigenvalue weighted by molar-refractivity contribution is 5.93. The number of carbonyl (C=O) groups excluding carboxylic acids is 2. The first-order valence-electron chi connectivity index (χ1n) is 10.5. The van der Waals surface area contributed by atoms with Gasteiger partial charge in [-0.05, 0) is 37.7 Å². The van der Waals surface area contributed by atoms with Gasteiger partial charge >= 0.3 is 0 Å². The van der Waals surface area contributed by atoms with Crippen molar-refractivity contribution in [3.63, 3.8) is 0 Å². The highest BCUT2D eigenvalue weighted by Crippen LogP contribution is 2.45. The summed E-state index contributed by atoms with van der Waals surface area (Å²) >= 11 is 0. The number of methoxy groups -OCH3 is 1. The Morgan fingerprint density at radius 3 is 3.03 bits per heavy atom. The van der Waals surface area contributed by atoms with Gasteiger partial charge in [0, 0.05) is 51.2 Å². The minimum Gasteiger partial charge on any atom is -0.459 e. The van der Waals surface area contributed by atoms with E-state index in [1.807, 2.05) is 16.4 Å². The molecule has 1 aliphatic heterocycles. The van der Waals surface area contributed by atoms with Crippen LogP contribution in [0.5, 0.6) is 0 Å². The van der Waals surface area contributed by atoms with E-state index >= 15 is 0 Å². The molecule has 30 heavy (non-hydrogen) atoms. The number of amides is 2. The number of likely N-dealkylation sites (tertiary alicyclic amines) is 1. The molecule has 0 radical (unpaired) electrons. The molecule has 3 atom stereocenters. The fourth-order valence-corrected chi connectivity index (χ4v) is 4.58. The van der Waals surface area contributed by atoms with Gasteiger partial charge in [0.25, 0.3) is 5.91 Å².